The van der Waals surface area contributed by atoms with Gasteiger partial charge in [0, 0.05) is 36.7 Å². The van der Waals surface area contributed by atoms with E-state index in [9.17, 15) is 9.59 Å². The number of carbonyl (C=O) groups is 2. The van der Waals surface area contributed by atoms with Crippen LogP contribution < -0.4 is 0 Å². The number of aryl methyl sites for hydroxylation is 2. The molecule has 144 valence electrons. The standard InChI is InChI=1S/C22H27NO4/c1-16-14-20(17(2)23(16)11-8-18-6-4-3-5-7-18)21(24)15-27-22(25)19-9-12-26-13-10-19/h3-7,14,19H,8-13,15H2,1-2H3. The van der Waals surface area contributed by atoms with Gasteiger partial charge in [-0.25, -0.2) is 0 Å². The highest BCUT2D eigenvalue weighted by atomic mass is 16.5. The van der Waals surface area contributed by atoms with Gasteiger partial charge in [0.05, 0.1) is 5.92 Å². The largest absolute Gasteiger partial charge is 0.457 e. The van der Waals surface area contributed by atoms with Crippen LogP contribution in [-0.2, 0) is 27.2 Å². The fraction of sp³-hybridized carbons (Fsp3) is 0.455. The summed E-state index contributed by atoms with van der Waals surface area (Å²) in [7, 11) is 0. The second-order valence-electron chi connectivity index (χ2n) is 7.09. The number of benzene rings is 1. The zero-order valence-electron chi connectivity index (χ0n) is 16.1. The van der Waals surface area contributed by atoms with Crippen LogP contribution in [0.1, 0.15) is 40.2 Å². The van der Waals surface area contributed by atoms with Crippen molar-refractivity contribution in [2.45, 2.75) is 39.7 Å². The number of hydrogen-bond acceptors (Lipinski definition) is 4. The van der Waals surface area contributed by atoms with Crippen molar-refractivity contribution in [2.24, 2.45) is 5.92 Å². The third kappa shape index (κ3) is 4.86. The average molecular weight is 369 g/mol. The maximum absolute atomic E-state index is 12.6. The maximum Gasteiger partial charge on any atom is 0.309 e. The van der Waals surface area contributed by atoms with Crippen LogP contribution in [0.3, 0.4) is 0 Å². The van der Waals surface area contributed by atoms with Crippen LogP contribution in [0, 0.1) is 19.8 Å². The molecular formula is C22H27NO4. The normalized spacial score (nSPS) is 14.9. The van der Waals surface area contributed by atoms with Crippen LogP contribution in [0.25, 0.3) is 0 Å². The van der Waals surface area contributed by atoms with Gasteiger partial charge in [-0.3, -0.25) is 9.59 Å². The number of ether oxygens (including phenoxy) is 2. The molecule has 1 aromatic heterocycles. The van der Waals surface area contributed by atoms with E-state index in [2.05, 4.69) is 16.7 Å². The monoisotopic (exact) mass is 369 g/mol. The first-order chi connectivity index (χ1) is 13.1. The van der Waals surface area contributed by atoms with Crippen LogP contribution in [0.4, 0.5) is 0 Å². The summed E-state index contributed by atoms with van der Waals surface area (Å²) < 4.78 is 12.7. The average Bonchev–Trinajstić information content (AvgIpc) is 2.99. The predicted molar refractivity (Wildman–Crippen MR) is 103 cm³/mol. The Morgan fingerprint density at radius 3 is 2.56 bits per heavy atom. The van der Waals surface area contributed by atoms with Crippen LogP contribution in [0.5, 0.6) is 0 Å². The zero-order valence-corrected chi connectivity index (χ0v) is 16.1. The van der Waals surface area contributed by atoms with E-state index in [1.54, 1.807) is 0 Å². The predicted octanol–water partition coefficient (Wildman–Crippen LogP) is 3.50. The SMILES string of the molecule is Cc1cc(C(=O)COC(=O)C2CCOCC2)c(C)n1CCc1ccccc1. The van der Waals surface area contributed by atoms with E-state index in [0.717, 1.165) is 24.4 Å². The van der Waals surface area contributed by atoms with E-state index < -0.39 is 0 Å². The summed E-state index contributed by atoms with van der Waals surface area (Å²) in [6.07, 6.45) is 2.24. The molecule has 1 saturated heterocycles. The number of esters is 1. The van der Waals surface area contributed by atoms with Crippen LogP contribution in [0.2, 0.25) is 0 Å². The molecule has 0 amide bonds. The molecule has 0 N–H and O–H groups in total. The minimum atomic E-state index is -0.287. The summed E-state index contributed by atoms with van der Waals surface area (Å²) >= 11 is 0. The smallest absolute Gasteiger partial charge is 0.309 e. The lowest BCUT2D eigenvalue weighted by Crippen LogP contribution is -2.27. The van der Waals surface area contributed by atoms with Crippen LogP contribution >= 0.6 is 0 Å². The second kappa shape index (κ2) is 9.00. The maximum atomic E-state index is 12.6. The van der Waals surface area contributed by atoms with Crippen LogP contribution in [0.15, 0.2) is 36.4 Å². The van der Waals surface area contributed by atoms with Crippen molar-refractivity contribution in [3.8, 4) is 0 Å². The molecule has 1 aromatic carbocycles. The molecule has 5 nitrogen and oxygen atoms in total. The highest BCUT2D eigenvalue weighted by Crippen LogP contribution is 2.19. The van der Waals surface area contributed by atoms with Crippen LogP contribution in [-0.4, -0.2) is 36.1 Å². The van der Waals surface area contributed by atoms with E-state index >= 15 is 0 Å². The van der Waals surface area contributed by atoms with Crippen molar-refractivity contribution in [1.29, 1.82) is 0 Å². The lowest BCUT2D eigenvalue weighted by Gasteiger charge is -2.20. The Balaban J connectivity index is 1.59. The van der Waals surface area contributed by atoms with E-state index in [1.165, 1.54) is 5.56 Å². The highest BCUT2D eigenvalue weighted by Gasteiger charge is 2.24. The first kappa shape index (κ1) is 19.4. The number of nitrogens with zero attached hydrogens (tertiary/aromatic N) is 1. The summed E-state index contributed by atoms with van der Waals surface area (Å²) in [5, 5.41) is 0. The Morgan fingerprint density at radius 2 is 1.85 bits per heavy atom. The first-order valence-electron chi connectivity index (χ1n) is 9.54. The Labute approximate surface area is 160 Å². The Morgan fingerprint density at radius 1 is 1.15 bits per heavy atom. The number of hydrogen-bond donors (Lipinski definition) is 0. The van der Waals surface area contributed by atoms with Gasteiger partial charge in [0.1, 0.15) is 0 Å². The zero-order chi connectivity index (χ0) is 19.2. The summed E-state index contributed by atoms with van der Waals surface area (Å²) in [5.74, 6) is -0.580. The lowest BCUT2D eigenvalue weighted by molar-refractivity contribution is -0.150. The minimum Gasteiger partial charge on any atom is -0.457 e. The lowest BCUT2D eigenvalue weighted by atomic mass is 10.0. The molecule has 0 atom stereocenters. The van der Waals surface area contributed by atoms with Gasteiger partial charge in [-0.05, 0) is 44.7 Å². The topological polar surface area (TPSA) is 57.5 Å². The number of Topliss-reactive ketones (excluding diaryl/α,β-unsaturated/α-hetero) is 1. The number of aromatic nitrogens is 1. The van der Waals surface area contributed by atoms with Crippen molar-refractivity contribution < 1.29 is 19.1 Å². The van der Waals surface area contributed by atoms with E-state index in [-0.39, 0.29) is 24.3 Å². The van der Waals surface area contributed by atoms with E-state index in [4.69, 9.17) is 9.47 Å². The molecule has 1 fully saturated rings. The fourth-order valence-corrected chi connectivity index (χ4v) is 3.58. The number of rotatable bonds is 7. The quantitative estimate of drug-likeness (QED) is 0.554. The van der Waals surface area contributed by atoms with Crippen molar-refractivity contribution in [3.05, 3.63) is 58.9 Å². The van der Waals surface area contributed by atoms with Gasteiger partial charge in [-0.15, -0.1) is 0 Å². The van der Waals surface area contributed by atoms with Gasteiger partial charge in [0.25, 0.3) is 0 Å². The molecule has 0 bridgehead atoms. The van der Waals surface area contributed by atoms with Crippen molar-refractivity contribution in [1.82, 2.24) is 4.57 Å². The van der Waals surface area contributed by atoms with E-state index in [0.29, 0.717) is 31.6 Å². The summed E-state index contributed by atoms with van der Waals surface area (Å²) in [6, 6.07) is 12.2. The summed E-state index contributed by atoms with van der Waals surface area (Å²) in [6.45, 7) is 5.73. The molecular weight excluding hydrogens is 342 g/mol. The van der Waals surface area contributed by atoms with Gasteiger partial charge >= 0.3 is 5.97 Å². The molecule has 2 heterocycles. The number of ketones is 1. The molecule has 5 heteroatoms. The molecule has 0 aliphatic carbocycles. The summed E-state index contributed by atoms with van der Waals surface area (Å²) in [4.78, 5) is 24.7. The Kier molecular flexibility index (Phi) is 6.45. The Bertz CT molecular complexity index is 788. The third-order valence-corrected chi connectivity index (χ3v) is 5.24. The molecule has 27 heavy (non-hydrogen) atoms. The molecule has 3 rings (SSSR count). The molecule has 1 aliphatic heterocycles. The summed E-state index contributed by atoms with van der Waals surface area (Å²) in [5.41, 5.74) is 3.88. The van der Waals surface area contributed by atoms with Crippen molar-refractivity contribution in [2.75, 3.05) is 19.8 Å². The van der Waals surface area contributed by atoms with Gasteiger partial charge in [-0.2, -0.15) is 0 Å². The number of carbonyl (C=O) groups excluding carboxylic acids is 2. The van der Waals surface area contributed by atoms with Gasteiger partial charge in [-0.1, -0.05) is 30.3 Å². The van der Waals surface area contributed by atoms with Gasteiger partial charge < -0.3 is 14.0 Å². The fourth-order valence-electron chi connectivity index (χ4n) is 3.58. The Hall–Kier alpha value is -2.40. The molecule has 2 aromatic rings. The molecule has 0 radical (unpaired) electrons. The van der Waals surface area contributed by atoms with Crippen molar-refractivity contribution >= 4 is 11.8 Å². The van der Waals surface area contributed by atoms with Gasteiger partial charge in [0.2, 0.25) is 5.78 Å². The van der Waals surface area contributed by atoms with E-state index in [1.807, 2.05) is 38.1 Å². The highest BCUT2D eigenvalue weighted by molar-refractivity contribution is 5.99. The third-order valence-electron chi connectivity index (χ3n) is 5.24. The van der Waals surface area contributed by atoms with Gasteiger partial charge in [0.15, 0.2) is 6.61 Å². The molecule has 0 saturated carbocycles. The second-order valence-corrected chi connectivity index (χ2v) is 7.09. The molecule has 0 spiro atoms. The molecule has 0 unspecified atom stereocenters. The molecule has 1 aliphatic rings. The first-order valence-corrected chi connectivity index (χ1v) is 9.54. The minimum absolute atomic E-state index is 0.144. The van der Waals surface area contributed by atoms with Crippen molar-refractivity contribution in [3.63, 3.8) is 0 Å².